The maximum absolute atomic E-state index is 12.9. The number of benzene rings is 1. The summed E-state index contributed by atoms with van der Waals surface area (Å²) in [6, 6.07) is 17.9. The molecule has 1 aliphatic carbocycles. The van der Waals surface area contributed by atoms with E-state index in [2.05, 4.69) is 43.8 Å². The average molecular weight is 436 g/mol. The number of aryl methyl sites for hydroxylation is 1. The Bertz CT molecular complexity index is 1330. The van der Waals surface area contributed by atoms with Crippen molar-refractivity contribution in [3.63, 3.8) is 0 Å². The maximum Gasteiger partial charge on any atom is 0.255 e. The second-order valence-electron chi connectivity index (χ2n) is 8.32. The molecule has 0 saturated heterocycles. The minimum atomic E-state index is -0.152. The summed E-state index contributed by atoms with van der Waals surface area (Å²) in [6.45, 7) is 1.98. The van der Waals surface area contributed by atoms with Crippen LogP contribution in [0.4, 0.5) is 11.5 Å². The molecule has 4 aromatic rings. The van der Waals surface area contributed by atoms with Gasteiger partial charge in [0, 0.05) is 47.9 Å². The third-order valence-corrected chi connectivity index (χ3v) is 5.91. The second-order valence-corrected chi connectivity index (χ2v) is 8.32. The molecule has 0 unspecified atom stereocenters. The number of hydrogen-bond acceptors (Lipinski definition) is 5. The summed E-state index contributed by atoms with van der Waals surface area (Å²) in [7, 11) is 1.86. The van der Waals surface area contributed by atoms with Crippen LogP contribution < -0.4 is 10.6 Å². The lowest BCUT2D eigenvalue weighted by molar-refractivity contribution is 0.102. The highest BCUT2D eigenvalue weighted by Crippen LogP contribution is 2.39. The molecule has 164 valence electrons. The van der Waals surface area contributed by atoms with Gasteiger partial charge in [-0.3, -0.25) is 14.8 Å². The van der Waals surface area contributed by atoms with E-state index in [1.54, 1.807) is 24.7 Å². The number of anilines is 2. The van der Waals surface area contributed by atoms with Gasteiger partial charge in [0.25, 0.3) is 5.91 Å². The Morgan fingerprint density at radius 3 is 2.52 bits per heavy atom. The molecule has 6 nitrogen and oxygen atoms in total. The van der Waals surface area contributed by atoms with E-state index in [0.717, 1.165) is 52.3 Å². The molecular formula is C27H25N5O. The lowest BCUT2D eigenvalue weighted by atomic mass is 9.98. The third kappa shape index (κ3) is 4.60. The molecule has 1 aromatic carbocycles. The van der Waals surface area contributed by atoms with Crippen LogP contribution in [-0.4, -0.2) is 27.9 Å². The molecule has 0 spiro atoms. The molecule has 1 saturated carbocycles. The Labute approximate surface area is 193 Å². The summed E-state index contributed by atoms with van der Waals surface area (Å²) in [5.74, 6) is 1.17. The smallest absolute Gasteiger partial charge is 0.255 e. The van der Waals surface area contributed by atoms with Crippen LogP contribution >= 0.6 is 0 Å². The van der Waals surface area contributed by atoms with Crippen molar-refractivity contribution in [2.24, 2.45) is 0 Å². The van der Waals surface area contributed by atoms with Crippen LogP contribution in [0.15, 0.2) is 73.2 Å². The molecule has 3 aromatic heterocycles. The number of pyridine rings is 3. The number of nitrogens with zero attached hydrogens (tertiary/aromatic N) is 3. The van der Waals surface area contributed by atoms with Crippen LogP contribution in [0.25, 0.3) is 22.3 Å². The Balaban J connectivity index is 1.42. The molecule has 1 aliphatic rings. The maximum atomic E-state index is 12.9. The predicted molar refractivity (Wildman–Crippen MR) is 131 cm³/mol. The minimum absolute atomic E-state index is 0.152. The predicted octanol–water partition coefficient (Wildman–Crippen LogP) is 5.69. The molecular weight excluding hydrogens is 410 g/mol. The Morgan fingerprint density at radius 2 is 1.70 bits per heavy atom. The van der Waals surface area contributed by atoms with E-state index in [-0.39, 0.29) is 5.91 Å². The van der Waals surface area contributed by atoms with Gasteiger partial charge in [-0.1, -0.05) is 18.2 Å². The van der Waals surface area contributed by atoms with Crippen molar-refractivity contribution >= 4 is 17.4 Å². The van der Waals surface area contributed by atoms with Crippen molar-refractivity contribution in [1.82, 2.24) is 15.0 Å². The van der Waals surface area contributed by atoms with Crippen molar-refractivity contribution in [1.29, 1.82) is 0 Å². The van der Waals surface area contributed by atoms with Crippen LogP contribution in [0.3, 0.4) is 0 Å². The number of nitrogens with one attached hydrogen (secondary N) is 2. The highest BCUT2D eigenvalue weighted by Gasteiger charge is 2.25. The molecule has 33 heavy (non-hydrogen) atoms. The first-order valence-electron chi connectivity index (χ1n) is 11.1. The number of hydrogen-bond donors (Lipinski definition) is 2. The zero-order valence-electron chi connectivity index (χ0n) is 18.7. The number of aromatic nitrogens is 3. The van der Waals surface area contributed by atoms with Crippen molar-refractivity contribution in [3.8, 4) is 22.3 Å². The van der Waals surface area contributed by atoms with E-state index in [4.69, 9.17) is 0 Å². The van der Waals surface area contributed by atoms with Gasteiger partial charge in [-0.2, -0.15) is 0 Å². The lowest BCUT2D eigenvalue weighted by Crippen LogP contribution is -2.13. The summed E-state index contributed by atoms with van der Waals surface area (Å²) in [4.78, 5) is 26.1. The van der Waals surface area contributed by atoms with Gasteiger partial charge in [0.1, 0.15) is 5.82 Å². The van der Waals surface area contributed by atoms with Crippen molar-refractivity contribution in [2.45, 2.75) is 25.7 Å². The average Bonchev–Trinajstić information content (AvgIpc) is 3.71. The summed E-state index contributed by atoms with van der Waals surface area (Å²) >= 11 is 0. The molecule has 0 radical (unpaired) electrons. The zero-order valence-corrected chi connectivity index (χ0v) is 18.7. The zero-order chi connectivity index (χ0) is 22.8. The fraction of sp³-hybridized carbons (Fsp3) is 0.185. The van der Waals surface area contributed by atoms with Gasteiger partial charge in [0.15, 0.2) is 0 Å². The fourth-order valence-electron chi connectivity index (χ4n) is 3.90. The van der Waals surface area contributed by atoms with Gasteiger partial charge in [-0.15, -0.1) is 0 Å². The minimum Gasteiger partial charge on any atom is -0.373 e. The topological polar surface area (TPSA) is 79.8 Å². The molecule has 5 rings (SSSR count). The van der Waals surface area contributed by atoms with Crippen LogP contribution in [-0.2, 0) is 0 Å². The Morgan fingerprint density at radius 1 is 0.909 bits per heavy atom. The third-order valence-electron chi connectivity index (χ3n) is 5.91. The molecule has 2 N–H and O–H groups in total. The highest BCUT2D eigenvalue weighted by atomic mass is 16.1. The summed E-state index contributed by atoms with van der Waals surface area (Å²) < 4.78 is 0. The number of carbonyl (C=O) groups excluding carboxylic acids is 1. The normalized spacial score (nSPS) is 12.9. The van der Waals surface area contributed by atoms with Gasteiger partial charge in [-0.05, 0) is 72.9 Å². The quantitative estimate of drug-likeness (QED) is 0.407. The van der Waals surface area contributed by atoms with Crippen molar-refractivity contribution in [3.05, 3.63) is 90.1 Å². The van der Waals surface area contributed by atoms with E-state index in [0.29, 0.717) is 17.2 Å². The van der Waals surface area contributed by atoms with Crippen LogP contribution in [0, 0.1) is 6.92 Å². The summed E-state index contributed by atoms with van der Waals surface area (Å²) in [5.41, 5.74) is 7.36. The first-order valence-corrected chi connectivity index (χ1v) is 11.1. The van der Waals surface area contributed by atoms with Gasteiger partial charge in [0.2, 0.25) is 0 Å². The molecule has 3 heterocycles. The van der Waals surface area contributed by atoms with Crippen molar-refractivity contribution < 1.29 is 4.79 Å². The van der Waals surface area contributed by atoms with Gasteiger partial charge >= 0.3 is 0 Å². The fourth-order valence-corrected chi connectivity index (χ4v) is 3.90. The SMILES string of the molecule is CNc1cc(-c2cccc(-c3cc(NC(=O)c4ccnc(C5CC5)c4)cnc3C)c2)ccn1. The Kier molecular flexibility index (Phi) is 5.57. The molecule has 0 atom stereocenters. The largest absolute Gasteiger partial charge is 0.373 e. The molecule has 1 fully saturated rings. The first-order chi connectivity index (χ1) is 16.1. The van der Waals surface area contributed by atoms with E-state index in [1.165, 1.54) is 0 Å². The lowest BCUT2D eigenvalue weighted by Gasteiger charge is -2.12. The van der Waals surface area contributed by atoms with E-state index < -0.39 is 0 Å². The van der Waals surface area contributed by atoms with Crippen LogP contribution in [0.1, 0.15) is 40.5 Å². The number of carbonyl (C=O) groups is 1. The van der Waals surface area contributed by atoms with E-state index >= 15 is 0 Å². The summed E-state index contributed by atoms with van der Waals surface area (Å²) in [6.07, 6.45) is 7.51. The second kappa shape index (κ2) is 8.82. The number of amides is 1. The molecule has 1 amide bonds. The summed E-state index contributed by atoms with van der Waals surface area (Å²) in [5, 5.41) is 6.08. The molecule has 0 bridgehead atoms. The standard InChI is InChI=1S/C27H25N5O/c1-17-24(21-5-3-4-19(12-21)20-8-11-30-26(14-20)28-2)15-23(16-31-17)32-27(33)22-9-10-29-25(13-22)18-6-7-18/h3-5,8-16,18H,6-7H2,1-2H3,(H,28,30)(H,32,33). The number of rotatable bonds is 6. The van der Waals surface area contributed by atoms with Crippen LogP contribution in [0.5, 0.6) is 0 Å². The monoisotopic (exact) mass is 435 g/mol. The van der Waals surface area contributed by atoms with Crippen molar-refractivity contribution in [2.75, 3.05) is 17.7 Å². The first kappa shape index (κ1) is 20.8. The van der Waals surface area contributed by atoms with E-state index in [9.17, 15) is 4.79 Å². The molecule has 0 aliphatic heterocycles. The van der Waals surface area contributed by atoms with Gasteiger partial charge in [-0.25, -0.2) is 4.98 Å². The highest BCUT2D eigenvalue weighted by molar-refractivity contribution is 6.04. The Hall–Kier alpha value is -4.06. The van der Waals surface area contributed by atoms with Gasteiger partial charge < -0.3 is 10.6 Å². The molecule has 6 heteroatoms. The van der Waals surface area contributed by atoms with E-state index in [1.807, 2.05) is 44.3 Å². The van der Waals surface area contributed by atoms with Crippen LogP contribution in [0.2, 0.25) is 0 Å². The van der Waals surface area contributed by atoms with Gasteiger partial charge in [0.05, 0.1) is 11.9 Å².